The number of urea groups is 1. The summed E-state index contributed by atoms with van der Waals surface area (Å²) in [5.74, 6) is 0.593. The van der Waals surface area contributed by atoms with Crippen molar-refractivity contribution >= 4 is 11.7 Å². The molecule has 0 aliphatic rings. The van der Waals surface area contributed by atoms with E-state index in [4.69, 9.17) is 4.74 Å². The molecule has 0 saturated heterocycles. The lowest BCUT2D eigenvalue weighted by atomic mass is 9.87. The van der Waals surface area contributed by atoms with Gasteiger partial charge in [-0.05, 0) is 29.2 Å². The van der Waals surface area contributed by atoms with Crippen LogP contribution >= 0.6 is 0 Å². The predicted octanol–water partition coefficient (Wildman–Crippen LogP) is 3.85. The number of nitrogens with one attached hydrogen (secondary N) is 2. The molecule has 0 heterocycles. The van der Waals surface area contributed by atoms with Crippen molar-refractivity contribution in [3.63, 3.8) is 0 Å². The molecule has 1 atom stereocenters. The van der Waals surface area contributed by atoms with E-state index in [1.54, 1.807) is 19.2 Å². The van der Waals surface area contributed by atoms with Crippen molar-refractivity contribution in [1.29, 1.82) is 0 Å². The van der Waals surface area contributed by atoms with Gasteiger partial charge in [0.25, 0.3) is 0 Å². The zero-order valence-electron chi connectivity index (χ0n) is 15.2. The first-order valence-corrected chi connectivity index (χ1v) is 8.27. The molecule has 3 N–H and O–H groups in total. The van der Waals surface area contributed by atoms with Crippen LogP contribution in [0.15, 0.2) is 48.5 Å². The van der Waals surface area contributed by atoms with Gasteiger partial charge in [-0.25, -0.2) is 4.79 Å². The third kappa shape index (κ3) is 5.22. The van der Waals surface area contributed by atoms with Crippen LogP contribution in [0.3, 0.4) is 0 Å². The average molecular weight is 342 g/mol. The van der Waals surface area contributed by atoms with Crippen LogP contribution in [0.2, 0.25) is 0 Å². The lowest BCUT2D eigenvalue weighted by Gasteiger charge is -2.19. The van der Waals surface area contributed by atoms with Gasteiger partial charge in [-0.1, -0.05) is 51.1 Å². The van der Waals surface area contributed by atoms with Gasteiger partial charge in [0.15, 0.2) is 0 Å². The molecule has 25 heavy (non-hydrogen) atoms. The molecule has 0 fully saturated rings. The van der Waals surface area contributed by atoms with Crippen molar-refractivity contribution < 1.29 is 14.6 Å². The molecule has 5 heteroatoms. The van der Waals surface area contributed by atoms with Gasteiger partial charge in [-0.3, -0.25) is 0 Å². The van der Waals surface area contributed by atoms with Crippen molar-refractivity contribution in [2.75, 3.05) is 19.0 Å². The monoisotopic (exact) mass is 342 g/mol. The number of aliphatic hydroxyl groups is 1. The van der Waals surface area contributed by atoms with E-state index >= 15 is 0 Å². The molecule has 0 spiro atoms. The summed E-state index contributed by atoms with van der Waals surface area (Å²) in [6, 6.07) is 14.6. The Bertz CT molecular complexity index is 706. The summed E-state index contributed by atoms with van der Waals surface area (Å²) in [6.45, 7) is 6.51. The minimum absolute atomic E-state index is 0.0691. The highest BCUT2D eigenvalue weighted by atomic mass is 16.5. The van der Waals surface area contributed by atoms with Crippen LogP contribution in [-0.2, 0) is 5.41 Å². The number of methoxy groups -OCH3 is 1. The van der Waals surface area contributed by atoms with Gasteiger partial charge in [0.2, 0.25) is 0 Å². The second-order valence-electron chi connectivity index (χ2n) is 6.92. The Morgan fingerprint density at radius 1 is 1.12 bits per heavy atom. The maximum atomic E-state index is 12.0. The molecule has 5 nitrogen and oxygen atoms in total. The number of carbonyl (C=O) groups excluding carboxylic acids is 1. The highest BCUT2D eigenvalue weighted by Crippen LogP contribution is 2.25. The highest BCUT2D eigenvalue weighted by Gasteiger charge is 2.15. The van der Waals surface area contributed by atoms with E-state index in [2.05, 4.69) is 31.4 Å². The topological polar surface area (TPSA) is 70.6 Å². The highest BCUT2D eigenvalue weighted by molar-refractivity contribution is 5.89. The van der Waals surface area contributed by atoms with Crippen molar-refractivity contribution in [3.05, 3.63) is 59.7 Å². The standard InChI is InChI=1S/C20H26N2O3/c1-20(2,3)14-9-11-15(12-10-14)22-19(24)21-13-17(23)16-7-5-6-8-18(16)25-4/h5-12,17,23H,13H2,1-4H3,(H2,21,22,24)/t17-/m1/s1. The molecule has 0 aromatic heterocycles. The molecule has 134 valence electrons. The summed E-state index contributed by atoms with van der Waals surface area (Å²) < 4.78 is 5.22. The number of aliphatic hydroxyl groups excluding tert-OH is 1. The molecule has 2 amide bonds. The maximum absolute atomic E-state index is 12.0. The average Bonchev–Trinajstić information content (AvgIpc) is 2.59. The smallest absolute Gasteiger partial charge is 0.319 e. The Hall–Kier alpha value is -2.53. The summed E-state index contributed by atoms with van der Waals surface area (Å²) in [4.78, 5) is 12.0. The molecular weight excluding hydrogens is 316 g/mol. The van der Waals surface area contributed by atoms with Crippen LogP contribution in [0.4, 0.5) is 10.5 Å². The Morgan fingerprint density at radius 3 is 2.36 bits per heavy atom. The molecule has 2 aromatic carbocycles. The van der Waals surface area contributed by atoms with Gasteiger partial charge in [0.05, 0.1) is 13.2 Å². The predicted molar refractivity (Wildman–Crippen MR) is 100 cm³/mol. The quantitative estimate of drug-likeness (QED) is 0.773. The molecular formula is C20H26N2O3. The van der Waals surface area contributed by atoms with Crippen LogP contribution in [-0.4, -0.2) is 24.8 Å². The van der Waals surface area contributed by atoms with Crippen LogP contribution < -0.4 is 15.4 Å². The minimum Gasteiger partial charge on any atom is -0.496 e. The second-order valence-corrected chi connectivity index (χ2v) is 6.92. The zero-order valence-corrected chi connectivity index (χ0v) is 15.2. The van der Waals surface area contributed by atoms with Gasteiger partial charge < -0.3 is 20.5 Å². The summed E-state index contributed by atoms with van der Waals surface area (Å²) in [6.07, 6.45) is -0.842. The first-order chi connectivity index (χ1) is 11.8. The fraction of sp³-hybridized carbons (Fsp3) is 0.350. The molecule has 0 aliphatic heterocycles. The molecule has 0 radical (unpaired) electrons. The third-order valence-corrected chi connectivity index (χ3v) is 3.96. The number of benzene rings is 2. The number of hydrogen-bond acceptors (Lipinski definition) is 3. The number of rotatable bonds is 5. The Balaban J connectivity index is 1.90. The van der Waals surface area contributed by atoms with E-state index in [9.17, 15) is 9.90 Å². The first-order valence-electron chi connectivity index (χ1n) is 8.27. The van der Waals surface area contributed by atoms with Crippen LogP contribution in [0.25, 0.3) is 0 Å². The van der Waals surface area contributed by atoms with Crippen molar-refractivity contribution in [2.24, 2.45) is 0 Å². The Labute approximate surface area is 149 Å². The first kappa shape index (κ1) is 18.8. The molecule has 2 rings (SSSR count). The Kier molecular flexibility index (Phi) is 6.04. The van der Waals surface area contributed by atoms with E-state index < -0.39 is 6.10 Å². The van der Waals surface area contributed by atoms with Crippen molar-refractivity contribution in [3.8, 4) is 5.75 Å². The van der Waals surface area contributed by atoms with Gasteiger partial charge >= 0.3 is 6.03 Å². The van der Waals surface area contributed by atoms with Gasteiger partial charge in [0, 0.05) is 17.8 Å². The van der Waals surface area contributed by atoms with Crippen LogP contribution in [0.5, 0.6) is 5.75 Å². The SMILES string of the molecule is COc1ccccc1[C@H](O)CNC(=O)Nc1ccc(C(C)(C)C)cc1. The number of carbonyl (C=O) groups is 1. The van der Waals surface area contributed by atoms with E-state index in [0.717, 1.165) is 0 Å². The number of amides is 2. The molecule has 0 unspecified atom stereocenters. The summed E-state index contributed by atoms with van der Waals surface area (Å²) in [5, 5.41) is 15.7. The van der Waals surface area contributed by atoms with E-state index in [0.29, 0.717) is 17.0 Å². The molecule has 0 saturated carbocycles. The van der Waals surface area contributed by atoms with Crippen molar-refractivity contribution in [1.82, 2.24) is 5.32 Å². The van der Waals surface area contributed by atoms with Crippen LogP contribution in [0.1, 0.15) is 38.0 Å². The number of para-hydroxylation sites is 1. The minimum atomic E-state index is -0.842. The fourth-order valence-corrected chi connectivity index (χ4v) is 2.47. The number of ether oxygens (including phenoxy) is 1. The van der Waals surface area contributed by atoms with E-state index in [1.807, 2.05) is 36.4 Å². The summed E-state index contributed by atoms with van der Waals surface area (Å²) in [5.41, 5.74) is 2.61. The van der Waals surface area contributed by atoms with E-state index in [-0.39, 0.29) is 18.0 Å². The molecule has 0 aliphatic carbocycles. The van der Waals surface area contributed by atoms with Gasteiger partial charge in [-0.2, -0.15) is 0 Å². The lowest BCUT2D eigenvalue weighted by molar-refractivity contribution is 0.171. The normalized spacial score (nSPS) is 12.4. The number of hydrogen-bond donors (Lipinski definition) is 3. The van der Waals surface area contributed by atoms with Gasteiger partial charge in [-0.15, -0.1) is 0 Å². The summed E-state index contributed by atoms with van der Waals surface area (Å²) in [7, 11) is 1.55. The molecule has 0 bridgehead atoms. The van der Waals surface area contributed by atoms with Crippen LogP contribution in [0, 0.1) is 0 Å². The fourth-order valence-electron chi connectivity index (χ4n) is 2.47. The second kappa shape index (κ2) is 8.03. The van der Waals surface area contributed by atoms with Gasteiger partial charge in [0.1, 0.15) is 5.75 Å². The third-order valence-electron chi connectivity index (χ3n) is 3.96. The van der Waals surface area contributed by atoms with E-state index in [1.165, 1.54) is 5.56 Å². The molecule has 2 aromatic rings. The van der Waals surface area contributed by atoms with Crippen molar-refractivity contribution in [2.45, 2.75) is 32.3 Å². The largest absolute Gasteiger partial charge is 0.496 e. The maximum Gasteiger partial charge on any atom is 0.319 e. The lowest BCUT2D eigenvalue weighted by Crippen LogP contribution is -2.32. The summed E-state index contributed by atoms with van der Waals surface area (Å²) >= 11 is 0. The number of anilines is 1. The zero-order chi connectivity index (χ0) is 18.4. The Morgan fingerprint density at radius 2 is 1.76 bits per heavy atom.